The Labute approximate surface area is 149 Å². The minimum atomic E-state index is -4.41. The third kappa shape index (κ3) is 3.03. The Morgan fingerprint density at radius 1 is 1.12 bits per heavy atom. The van der Waals surface area contributed by atoms with Gasteiger partial charge in [0.05, 0.1) is 11.1 Å². The van der Waals surface area contributed by atoms with E-state index in [0.29, 0.717) is 11.5 Å². The van der Waals surface area contributed by atoms with Crippen LogP contribution < -0.4 is 15.0 Å². The largest absolute Gasteiger partial charge is 0.454 e. The molecule has 7 heteroatoms. The molecule has 1 saturated heterocycles. The van der Waals surface area contributed by atoms with Gasteiger partial charge in [0, 0.05) is 38.1 Å². The average molecular weight is 361 g/mol. The van der Waals surface area contributed by atoms with Crippen molar-refractivity contribution in [2.45, 2.75) is 13.1 Å². The van der Waals surface area contributed by atoms with E-state index in [4.69, 9.17) is 4.74 Å². The van der Waals surface area contributed by atoms with E-state index >= 15 is 0 Å². The summed E-state index contributed by atoms with van der Waals surface area (Å²) in [5, 5.41) is 3.31. The number of aryl methyl sites for hydroxylation is 1. The fraction of sp³-hybridized carbons (Fsp3) is 0.316. The highest BCUT2D eigenvalue weighted by Crippen LogP contribution is 2.43. The van der Waals surface area contributed by atoms with Gasteiger partial charge in [-0.1, -0.05) is 6.07 Å². The summed E-state index contributed by atoms with van der Waals surface area (Å²) in [7, 11) is 0. The van der Waals surface area contributed by atoms with E-state index in [0.717, 1.165) is 55.1 Å². The molecule has 2 aliphatic rings. The Kier molecular flexibility index (Phi) is 4.11. The summed E-state index contributed by atoms with van der Waals surface area (Å²) >= 11 is 0. The first-order valence-corrected chi connectivity index (χ1v) is 8.46. The highest BCUT2D eigenvalue weighted by atomic mass is 19.4. The average Bonchev–Trinajstić information content (AvgIpc) is 2.82. The maximum absolute atomic E-state index is 13.0. The first-order chi connectivity index (χ1) is 12.4. The van der Waals surface area contributed by atoms with Gasteiger partial charge in [-0.25, -0.2) is 0 Å². The summed E-state index contributed by atoms with van der Waals surface area (Å²) in [6.07, 6.45) is -2.79. The van der Waals surface area contributed by atoms with Crippen molar-refractivity contribution in [3.8, 4) is 11.5 Å². The molecule has 0 aliphatic carbocycles. The number of nitrogens with zero attached hydrogens (tertiary/aromatic N) is 2. The highest BCUT2D eigenvalue weighted by Gasteiger charge is 2.32. The lowest BCUT2D eigenvalue weighted by Crippen LogP contribution is -2.43. The van der Waals surface area contributed by atoms with E-state index in [1.807, 2.05) is 19.1 Å². The van der Waals surface area contributed by atoms with Crippen molar-refractivity contribution in [3.63, 3.8) is 0 Å². The fourth-order valence-electron chi connectivity index (χ4n) is 3.26. The van der Waals surface area contributed by atoms with Crippen LogP contribution in [0.3, 0.4) is 0 Å². The van der Waals surface area contributed by atoms with Crippen LogP contribution in [0.5, 0.6) is 11.5 Å². The first-order valence-electron chi connectivity index (χ1n) is 8.46. The second kappa shape index (κ2) is 6.32. The fourth-order valence-corrected chi connectivity index (χ4v) is 3.26. The molecule has 4 rings (SSSR count). The van der Waals surface area contributed by atoms with Gasteiger partial charge >= 0.3 is 6.18 Å². The zero-order chi connectivity index (χ0) is 18.3. The zero-order valence-electron chi connectivity index (χ0n) is 14.2. The van der Waals surface area contributed by atoms with Crippen LogP contribution in [0, 0.1) is 6.92 Å². The molecule has 0 aromatic heterocycles. The van der Waals surface area contributed by atoms with Gasteiger partial charge in [-0.15, -0.1) is 0 Å². The van der Waals surface area contributed by atoms with E-state index in [2.05, 4.69) is 15.2 Å². The molecule has 0 spiro atoms. The van der Waals surface area contributed by atoms with Crippen molar-refractivity contribution in [1.29, 1.82) is 0 Å². The number of benzene rings is 2. The van der Waals surface area contributed by atoms with Gasteiger partial charge in [0.1, 0.15) is 11.4 Å². The molecule has 0 radical (unpaired) electrons. The van der Waals surface area contributed by atoms with Crippen molar-refractivity contribution in [2.75, 3.05) is 31.1 Å². The number of halogens is 3. The molecule has 2 aliphatic heterocycles. The third-order valence-corrected chi connectivity index (χ3v) is 4.66. The number of hydrogen-bond acceptors (Lipinski definition) is 4. The minimum absolute atomic E-state index is 0.182. The van der Waals surface area contributed by atoms with E-state index in [-0.39, 0.29) is 5.69 Å². The summed E-state index contributed by atoms with van der Waals surface area (Å²) in [4.78, 5) is 6.54. The molecule has 0 amide bonds. The lowest BCUT2D eigenvalue weighted by Gasteiger charge is -2.31. The van der Waals surface area contributed by atoms with Crippen LogP contribution in [-0.4, -0.2) is 32.4 Å². The van der Waals surface area contributed by atoms with Crippen LogP contribution in [0.25, 0.3) is 0 Å². The Hall–Kier alpha value is -2.54. The lowest BCUT2D eigenvalue weighted by molar-refractivity contribution is -0.137. The molecule has 2 aromatic carbocycles. The Morgan fingerprint density at radius 3 is 2.62 bits per heavy atom. The molecule has 0 saturated carbocycles. The van der Waals surface area contributed by atoms with E-state index in [1.165, 1.54) is 6.07 Å². The molecule has 1 fully saturated rings. The maximum Gasteiger partial charge on any atom is 0.416 e. The molecule has 26 heavy (non-hydrogen) atoms. The van der Waals surface area contributed by atoms with Crippen LogP contribution in [0.2, 0.25) is 0 Å². The van der Waals surface area contributed by atoms with E-state index < -0.39 is 11.7 Å². The van der Waals surface area contributed by atoms with Crippen molar-refractivity contribution in [2.24, 2.45) is 4.99 Å². The topological polar surface area (TPSA) is 36.9 Å². The third-order valence-electron chi connectivity index (χ3n) is 4.66. The molecule has 4 nitrogen and oxygen atoms in total. The second-order valence-corrected chi connectivity index (χ2v) is 6.42. The van der Waals surface area contributed by atoms with E-state index in [9.17, 15) is 13.2 Å². The van der Waals surface area contributed by atoms with Crippen molar-refractivity contribution < 1.29 is 17.9 Å². The number of nitrogens with one attached hydrogen (secondary N) is 1. The first kappa shape index (κ1) is 16.9. The molecule has 1 N–H and O–H groups in total. The van der Waals surface area contributed by atoms with Crippen LogP contribution in [0.15, 0.2) is 35.3 Å². The number of ether oxygens (including phenoxy) is 1. The number of hydrogen-bond donors (Lipinski definition) is 1. The maximum atomic E-state index is 13.0. The molecular formula is C19H18F3N3O. The van der Waals surface area contributed by atoms with Gasteiger partial charge in [-0.05, 0) is 36.8 Å². The second-order valence-electron chi connectivity index (χ2n) is 6.42. The van der Waals surface area contributed by atoms with Gasteiger partial charge in [0.25, 0.3) is 0 Å². The van der Waals surface area contributed by atoms with Crippen LogP contribution >= 0.6 is 0 Å². The number of rotatable bonds is 1. The summed E-state index contributed by atoms with van der Waals surface area (Å²) in [5.41, 5.74) is 2.15. The number of aliphatic imine (C=N–C) groups is 1. The zero-order valence-corrected chi connectivity index (χ0v) is 14.2. The Bertz CT molecular complexity index is 871. The normalized spacial score (nSPS) is 16.5. The van der Waals surface area contributed by atoms with Crippen molar-refractivity contribution in [3.05, 3.63) is 47.0 Å². The quantitative estimate of drug-likeness (QED) is 0.703. The standard InChI is InChI=1S/C19H18F3N3O/c1-12-2-4-16(25-8-6-23-7-9-25)14-11-24-15-10-13(19(20,21)22)3-5-17(15)26-18(12)14/h2-5,10-11,23H,6-9H2,1H3. The SMILES string of the molecule is Cc1ccc(N2CCNCC2)c2c1Oc1ccc(C(F)(F)F)cc1N=C2. The molecule has 0 bridgehead atoms. The Morgan fingerprint density at radius 2 is 1.88 bits per heavy atom. The summed E-state index contributed by atoms with van der Waals surface area (Å²) in [6, 6.07) is 7.37. The van der Waals surface area contributed by atoms with Crippen LogP contribution in [0.1, 0.15) is 16.7 Å². The van der Waals surface area contributed by atoms with Gasteiger partial charge in [0.2, 0.25) is 0 Å². The molecule has 2 aromatic rings. The molecule has 0 unspecified atom stereocenters. The summed E-state index contributed by atoms with van der Waals surface area (Å²) < 4.78 is 45.0. The van der Waals surface area contributed by atoms with Crippen LogP contribution in [-0.2, 0) is 6.18 Å². The van der Waals surface area contributed by atoms with Gasteiger partial charge < -0.3 is 15.0 Å². The molecule has 136 valence electrons. The summed E-state index contributed by atoms with van der Waals surface area (Å²) in [6.45, 7) is 5.40. The van der Waals surface area contributed by atoms with Crippen molar-refractivity contribution >= 4 is 17.6 Å². The van der Waals surface area contributed by atoms with Crippen molar-refractivity contribution in [1.82, 2.24) is 5.32 Å². The predicted molar refractivity (Wildman–Crippen MR) is 95.0 cm³/mol. The number of fused-ring (bicyclic) bond motifs is 2. The monoisotopic (exact) mass is 361 g/mol. The molecule has 2 heterocycles. The summed E-state index contributed by atoms with van der Waals surface area (Å²) in [5.74, 6) is 0.969. The van der Waals surface area contributed by atoms with Crippen LogP contribution in [0.4, 0.5) is 24.5 Å². The minimum Gasteiger partial charge on any atom is -0.454 e. The molecular weight excluding hydrogens is 343 g/mol. The number of alkyl halides is 3. The van der Waals surface area contributed by atoms with E-state index in [1.54, 1.807) is 6.21 Å². The number of piperazine rings is 1. The van der Waals surface area contributed by atoms with Gasteiger partial charge in [0.15, 0.2) is 5.75 Å². The Balaban J connectivity index is 1.79. The predicted octanol–water partition coefficient (Wildman–Crippen LogP) is 4.28. The smallest absolute Gasteiger partial charge is 0.416 e. The van der Waals surface area contributed by atoms with Gasteiger partial charge in [-0.3, -0.25) is 4.99 Å². The van der Waals surface area contributed by atoms with Gasteiger partial charge in [-0.2, -0.15) is 13.2 Å². The molecule has 0 atom stereocenters. The number of anilines is 1. The lowest BCUT2D eigenvalue weighted by atomic mass is 10.1. The highest BCUT2D eigenvalue weighted by molar-refractivity contribution is 5.95.